The number of hydrogen-bond donors (Lipinski definition) is 1. The van der Waals surface area contributed by atoms with E-state index in [4.69, 9.17) is 0 Å². The van der Waals surface area contributed by atoms with Crippen molar-refractivity contribution in [1.82, 2.24) is 5.32 Å². The van der Waals surface area contributed by atoms with Crippen LogP contribution in [0.25, 0.3) is 0 Å². The molecule has 21 heavy (non-hydrogen) atoms. The molecular weight excluding hydrogens is 284 g/mol. The lowest BCUT2D eigenvalue weighted by Gasteiger charge is -2.24. The van der Waals surface area contributed by atoms with Gasteiger partial charge in [0.25, 0.3) is 0 Å². The maximum absolute atomic E-state index is 12.6. The van der Waals surface area contributed by atoms with E-state index in [1.165, 1.54) is 0 Å². The van der Waals surface area contributed by atoms with Crippen LogP contribution in [0.3, 0.4) is 0 Å². The molecule has 0 atom stereocenters. The van der Waals surface area contributed by atoms with E-state index < -0.39 is 10.0 Å². The number of anilines is 1. The zero-order valence-corrected chi connectivity index (χ0v) is 14.0. The fourth-order valence-corrected chi connectivity index (χ4v) is 3.79. The van der Waals surface area contributed by atoms with Crippen LogP contribution >= 0.6 is 0 Å². The average Bonchev–Trinajstić information content (AvgIpc) is 2.48. The van der Waals surface area contributed by atoms with Crippen LogP contribution in [0.1, 0.15) is 39.5 Å². The van der Waals surface area contributed by atoms with Gasteiger partial charge in [0.15, 0.2) is 0 Å². The zero-order chi connectivity index (χ0) is 15.6. The molecule has 0 aliphatic carbocycles. The van der Waals surface area contributed by atoms with E-state index in [9.17, 15) is 8.42 Å². The summed E-state index contributed by atoms with van der Waals surface area (Å²) in [5.74, 6) is 0.219. The highest BCUT2D eigenvalue weighted by Gasteiger charge is 2.21. The molecular formula is C16H28N2O2S. The molecule has 1 aromatic rings. The molecule has 0 amide bonds. The highest BCUT2D eigenvalue weighted by Crippen LogP contribution is 2.19. The fourth-order valence-electron chi connectivity index (χ4n) is 2.15. The molecule has 0 aliphatic heterocycles. The molecule has 0 aliphatic rings. The third kappa shape index (κ3) is 6.48. The Morgan fingerprint density at radius 3 is 2.38 bits per heavy atom. The Hall–Kier alpha value is -1.07. The molecule has 0 fully saturated rings. The van der Waals surface area contributed by atoms with E-state index in [0.29, 0.717) is 13.0 Å². The van der Waals surface area contributed by atoms with Gasteiger partial charge in [0, 0.05) is 6.54 Å². The van der Waals surface area contributed by atoms with Crippen LogP contribution in [-0.2, 0) is 10.0 Å². The minimum atomic E-state index is -3.23. The standard InChI is InChI=1S/C16H28N2O2S/c1-3-5-14-18(16-11-7-6-8-12-16)21(19,20)15-10-9-13-17-4-2/h6-8,11-12,17H,3-5,9-10,13-15H2,1-2H3. The second-order valence-corrected chi connectivity index (χ2v) is 7.15. The highest BCUT2D eigenvalue weighted by atomic mass is 32.2. The number of sulfonamides is 1. The molecule has 120 valence electrons. The molecule has 5 heteroatoms. The Kier molecular flexibility index (Phi) is 8.38. The molecule has 0 saturated carbocycles. The van der Waals surface area contributed by atoms with Crippen molar-refractivity contribution < 1.29 is 8.42 Å². The second kappa shape index (κ2) is 9.79. The van der Waals surface area contributed by atoms with Crippen LogP contribution in [0.15, 0.2) is 30.3 Å². The highest BCUT2D eigenvalue weighted by molar-refractivity contribution is 7.92. The van der Waals surface area contributed by atoms with E-state index in [1.807, 2.05) is 30.3 Å². The first-order valence-corrected chi connectivity index (χ1v) is 9.49. The number of rotatable bonds is 11. The predicted molar refractivity (Wildman–Crippen MR) is 90.3 cm³/mol. The summed E-state index contributed by atoms with van der Waals surface area (Å²) in [6.07, 6.45) is 3.46. The third-order valence-corrected chi connectivity index (χ3v) is 5.22. The average molecular weight is 312 g/mol. The van der Waals surface area contributed by atoms with Crippen LogP contribution in [0, 0.1) is 0 Å². The topological polar surface area (TPSA) is 49.4 Å². The zero-order valence-electron chi connectivity index (χ0n) is 13.2. The van der Waals surface area contributed by atoms with Gasteiger partial charge in [-0.25, -0.2) is 8.42 Å². The first-order valence-electron chi connectivity index (χ1n) is 7.88. The number of nitrogens with one attached hydrogen (secondary N) is 1. The first kappa shape index (κ1) is 18.0. The van der Waals surface area contributed by atoms with Crippen molar-refractivity contribution in [2.45, 2.75) is 39.5 Å². The van der Waals surface area contributed by atoms with E-state index in [1.54, 1.807) is 4.31 Å². The molecule has 1 rings (SSSR count). The maximum atomic E-state index is 12.6. The Morgan fingerprint density at radius 1 is 1.05 bits per heavy atom. The van der Waals surface area contributed by atoms with Gasteiger partial charge in [-0.15, -0.1) is 0 Å². The maximum Gasteiger partial charge on any atom is 0.235 e. The summed E-state index contributed by atoms with van der Waals surface area (Å²) >= 11 is 0. The number of nitrogens with zero attached hydrogens (tertiary/aromatic N) is 1. The van der Waals surface area contributed by atoms with Crippen LogP contribution in [0.5, 0.6) is 0 Å². The molecule has 0 bridgehead atoms. The van der Waals surface area contributed by atoms with E-state index in [0.717, 1.165) is 38.0 Å². The molecule has 0 unspecified atom stereocenters. The number of unbranched alkanes of at least 4 members (excludes halogenated alkanes) is 2. The molecule has 4 nitrogen and oxygen atoms in total. The first-order chi connectivity index (χ1) is 10.1. The van der Waals surface area contributed by atoms with Gasteiger partial charge in [0.2, 0.25) is 10.0 Å². The van der Waals surface area contributed by atoms with E-state index in [2.05, 4.69) is 19.2 Å². The Balaban J connectivity index is 2.67. The van der Waals surface area contributed by atoms with Gasteiger partial charge >= 0.3 is 0 Å². The Bertz CT molecular complexity index is 474. The van der Waals surface area contributed by atoms with Gasteiger partial charge in [0.05, 0.1) is 11.4 Å². The van der Waals surface area contributed by atoms with Gasteiger partial charge in [-0.2, -0.15) is 0 Å². The second-order valence-electron chi connectivity index (χ2n) is 5.14. The largest absolute Gasteiger partial charge is 0.317 e. The van der Waals surface area contributed by atoms with Crippen molar-refractivity contribution >= 4 is 15.7 Å². The molecule has 0 spiro atoms. The van der Waals surface area contributed by atoms with Crippen LogP contribution < -0.4 is 9.62 Å². The summed E-state index contributed by atoms with van der Waals surface area (Å²) in [6.45, 7) is 6.51. The van der Waals surface area contributed by atoms with Gasteiger partial charge in [-0.3, -0.25) is 4.31 Å². The molecule has 0 radical (unpaired) electrons. The quantitative estimate of drug-likeness (QED) is 0.639. The predicted octanol–water partition coefficient (Wildman–Crippen LogP) is 3.01. The van der Waals surface area contributed by atoms with Gasteiger partial charge in [-0.05, 0) is 44.5 Å². The lowest BCUT2D eigenvalue weighted by molar-refractivity contribution is 0.581. The van der Waals surface area contributed by atoms with E-state index in [-0.39, 0.29) is 5.75 Å². The van der Waals surface area contributed by atoms with Crippen molar-refractivity contribution in [3.05, 3.63) is 30.3 Å². The Morgan fingerprint density at radius 2 is 1.76 bits per heavy atom. The van der Waals surface area contributed by atoms with Crippen LogP contribution in [0.2, 0.25) is 0 Å². The summed E-state index contributed by atoms with van der Waals surface area (Å²) in [4.78, 5) is 0. The third-order valence-electron chi connectivity index (χ3n) is 3.35. The van der Waals surface area contributed by atoms with Gasteiger partial charge in [0.1, 0.15) is 0 Å². The number of hydrogen-bond acceptors (Lipinski definition) is 3. The Labute approximate surface area is 129 Å². The van der Waals surface area contributed by atoms with E-state index >= 15 is 0 Å². The monoisotopic (exact) mass is 312 g/mol. The number of benzene rings is 1. The van der Waals surface area contributed by atoms with Crippen molar-refractivity contribution in [2.75, 3.05) is 29.7 Å². The summed E-state index contributed by atoms with van der Waals surface area (Å²) in [6, 6.07) is 9.41. The van der Waals surface area contributed by atoms with Gasteiger partial charge < -0.3 is 5.32 Å². The van der Waals surface area contributed by atoms with Crippen molar-refractivity contribution in [3.8, 4) is 0 Å². The van der Waals surface area contributed by atoms with Crippen molar-refractivity contribution in [3.63, 3.8) is 0 Å². The normalized spacial score (nSPS) is 11.5. The molecule has 1 N–H and O–H groups in total. The van der Waals surface area contributed by atoms with Crippen molar-refractivity contribution in [2.24, 2.45) is 0 Å². The van der Waals surface area contributed by atoms with Crippen LogP contribution in [-0.4, -0.2) is 33.8 Å². The minimum Gasteiger partial charge on any atom is -0.317 e. The minimum absolute atomic E-state index is 0.219. The lowest BCUT2D eigenvalue weighted by atomic mass is 10.3. The molecule has 0 heterocycles. The van der Waals surface area contributed by atoms with Crippen LogP contribution in [0.4, 0.5) is 5.69 Å². The number of para-hydroxylation sites is 1. The lowest BCUT2D eigenvalue weighted by Crippen LogP contribution is -2.34. The summed E-state index contributed by atoms with van der Waals surface area (Å²) in [5.41, 5.74) is 0.776. The van der Waals surface area contributed by atoms with Crippen molar-refractivity contribution in [1.29, 1.82) is 0 Å². The molecule has 1 aromatic carbocycles. The molecule has 0 saturated heterocycles. The van der Waals surface area contributed by atoms with Gasteiger partial charge in [-0.1, -0.05) is 38.5 Å². The summed E-state index contributed by atoms with van der Waals surface area (Å²) in [7, 11) is -3.23. The summed E-state index contributed by atoms with van der Waals surface area (Å²) in [5, 5.41) is 3.22. The fraction of sp³-hybridized carbons (Fsp3) is 0.625. The smallest absolute Gasteiger partial charge is 0.235 e. The summed E-state index contributed by atoms with van der Waals surface area (Å²) < 4.78 is 26.7. The molecule has 0 aromatic heterocycles. The SMILES string of the molecule is CCCCN(c1ccccc1)S(=O)(=O)CCCCNCC.